The van der Waals surface area contributed by atoms with E-state index in [4.69, 9.17) is 0 Å². The first kappa shape index (κ1) is 12.8. The summed E-state index contributed by atoms with van der Waals surface area (Å²) >= 11 is 3.26. The minimum atomic E-state index is -0.600. The van der Waals surface area contributed by atoms with Gasteiger partial charge in [0, 0.05) is 4.47 Å². The SMILES string of the molecule is OC(c1cc(F)cc(Br)c1)C1CC1c1ccccc1. The molecule has 1 aliphatic rings. The second-order valence-electron chi connectivity index (χ2n) is 5.06. The smallest absolute Gasteiger partial charge is 0.124 e. The highest BCUT2D eigenvalue weighted by atomic mass is 79.9. The Morgan fingerprint density at radius 2 is 1.89 bits per heavy atom. The third-order valence-electron chi connectivity index (χ3n) is 3.70. The zero-order chi connectivity index (χ0) is 13.4. The molecular formula is C16H14BrFO. The first-order valence-electron chi connectivity index (χ1n) is 6.34. The van der Waals surface area contributed by atoms with Gasteiger partial charge in [-0.2, -0.15) is 0 Å². The molecule has 2 aromatic carbocycles. The highest BCUT2D eigenvalue weighted by Crippen LogP contribution is 2.54. The second kappa shape index (κ2) is 5.06. The predicted octanol–water partition coefficient (Wildman–Crippen LogP) is 4.43. The van der Waals surface area contributed by atoms with Crippen LogP contribution in [0.3, 0.4) is 0 Å². The molecule has 0 aromatic heterocycles. The van der Waals surface area contributed by atoms with Crippen LogP contribution in [0.1, 0.15) is 29.6 Å². The van der Waals surface area contributed by atoms with E-state index < -0.39 is 6.10 Å². The summed E-state index contributed by atoms with van der Waals surface area (Å²) in [6, 6.07) is 14.8. The van der Waals surface area contributed by atoms with Crippen molar-refractivity contribution >= 4 is 15.9 Å². The van der Waals surface area contributed by atoms with Crippen molar-refractivity contribution in [1.82, 2.24) is 0 Å². The normalized spacial score (nSPS) is 23.1. The van der Waals surface area contributed by atoms with E-state index in [9.17, 15) is 9.50 Å². The van der Waals surface area contributed by atoms with Gasteiger partial charge in [-0.3, -0.25) is 0 Å². The van der Waals surface area contributed by atoms with Crippen LogP contribution in [0.15, 0.2) is 53.0 Å². The number of hydrogen-bond donors (Lipinski definition) is 1. The molecule has 0 amide bonds. The molecule has 0 bridgehead atoms. The van der Waals surface area contributed by atoms with Crippen molar-refractivity contribution in [2.75, 3.05) is 0 Å². The largest absolute Gasteiger partial charge is 0.388 e. The van der Waals surface area contributed by atoms with Crippen LogP contribution in [0, 0.1) is 11.7 Å². The van der Waals surface area contributed by atoms with Crippen molar-refractivity contribution in [3.05, 3.63) is 69.9 Å². The quantitative estimate of drug-likeness (QED) is 0.887. The molecule has 0 aliphatic heterocycles. The minimum absolute atomic E-state index is 0.191. The van der Waals surface area contributed by atoms with Gasteiger partial charge in [-0.05, 0) is 47.6 Å². The van der Waals surface area contributed by atoms with Gasteiger partial charge in [-0.1, -0.05) is 46.3 Å². The van der Waals surface area contributed by atoms with E-state index in [1.807, 2.05) is 18.2 Å². The van der Waals surface area contributed by atoms with Gasteiger partial charge in [0.15, 0.2) is 0 Å². The minimum Gasteiger partial charge on any atom is -0.388 e. The molecular weight excluding hydrogens is 307 g/mol. The molecule has 1 N–H and O–H groups in total. The molecule has 1 saturated carbocycles. The summed E-state index contributed by atoms with van der Waals surface area (Å²) in [5, 5.41) is 10.4. The second-order valence-corrected chi connectivity index (χ2v) is 5.98. The lowest BCUT2D eigenvalue weighted by molar-refractivity contribution is 0.151. The van der Waals surface area contributed by atoms with Gasteiger partial charge in [0.2, 0.25) is 0 Å². The van der Waals surface area contributed by atoms with Crippen LogP contribution >= 0.6 is 15.9 Å². The van der Waals surface area contributed by atoms with E-state index in [0.29, 0.717) is 16.0 Å². The zero-order valence-corrected chi connectivity index (χ0v) is 11.8. The van der Waals surface area contributed by atoms with Crippen LogP contribution in [0.2, 0.25) is 0 Å². The summed E-state index contributed by atoms with van der Waals surface area (Å²) < 4.78 is 14.0. The molecule has 3 atom stereocenters. The van der Waals surface area contributed by atoms with Gasteiger partial charge in [0.05, 0.1) is 6.10 Å². The van der Waals surface area contributed by atoms with E-state index in [1.54, 1.807) is 6.07 Å². The zero-order valence-electron chi connectivity index (χ0n) is 10.3. The maximum Gasteiger partial charge on any atom is 0.124 e. The highest BCUT2D eigenvalue weighted by Gasteiger charge is 2.43. The van der Waals surface area contributed by atoms with Gasteiger partial charge in [-0.15, -0.1) is 0 Å². The van der Waals surface area contributed by atoms with Crippen LogP contribution in [0.25, 0.3) is 0 Å². The first-order chi connectivity index (χ1) is 9.15. The van der Waals surface area contributed by atoms with Gasteiger partial charge >= 0.3 is 0 Å². The van der Waals surface area contributed by atoms with Crippen molar-refractivity contribution in [2.45, 2.75) is 18.4 Å². The number of rotatable bonds is 3. The number of hydrogen-bond acceptors (Lipinski definition) is 1. The molecule has 1 aliphatic carbocycles. The average molecular weight is 321 g/mol. The van der Waals surface area contributed by atoms with Crippen LogP contribution < -0.4 is 0 Å². The molecule has 0 saturated heterocycles. The predicted molar refractivity (Wildman–Crippen MR) is 76.3 cm³/mol. The van der Waals surface area contributed by atoms with Crippen LogP contribution in [-0.2, 0) is 0 Å². The molecule has 0 spiro atoms. The third kappa shape index (κ3) is 2.72. The summed E-state index contributed by atoms with van der Waals surface area (Å²) in [4.78, 5) is 0. The van der Waals surface area contributed by atoms with E-state index in [1.165, 1.54) is 17.7 Å². The van der Waals surface area contributed by atoms with Gasteiger partial charge < -0.3 is 5.11 Å². The molecule has 98 valence electrons. The number of halogens is 2. The molecule has 3 rings (SSSR count). The lowest BCUT2D eigenvalue weighted by Crippen LogP contribution is -2.02. The monoisotopic (exact) mass is 320 g/mol. The Labute approximate surface area is 120 Å². The number of benzene rings is 2. The van der Waals surface area contributed by atoms with E-state index >= 15 is 0 Å². The summed E-state index contributed by atoms with van der Waals surface area (Å²) in [6.45, 7) is 0. The summed E-state index contributed by atoms with van der Waals surface area (Å²) in [5.74, 6) is 0.259. The van der Waals surface area contributed by atoms with Gasteiger partial charge in [-0.25, -0.2) is 4.39 Å². The Bertz CT molecular complexity index is 564. The van der Waals surface area contributed by atoms with Crippen molar-refractivity contribution < 1.29 is 9.50 Å². The number of aliphatic hydroxyl groups is 1. The fraction of sp³-hybridized carbons (Fsp3) is 0.250. The van der Waals surface area contributed by atoms with Gasteiger partial charge in [0.25, 0.3) is 0 Å². The van der Waals surface area contributed by atoms with E-state index in [-0.39, 0.29) is 11.7 Å². The molecule has 19 heavy (non-hydrogen) atoms. The average Bonchev–Trinajstić information content (AvgIpc) is 3.18. The molecule has 0 heterocycles. The topological polar surface area (TPSA) is 20.2 Å². The standard InChI is InChI=1S/C16H14BrFO/c17-12-6-11(7-13(18)8-12)16(19)15-9-14(15)10-4-2-1-3-5-10/h1-8,14-16,19H,9H2. The lowest BCUT2D eigenvalue weighted by atomic mass is 10.0. The number of aliphatic hydroxyl groups excluding tert-OH is 1. The molecule has 3 unspecified atom stereocenters. The van der Waals surface area contributed by atoms with Crippen molar-refractivity contribution in [3.8, 4) is 0 Å². The van der Waals surface area contributed by atoms with Gasteiger partial charge in [0.1, 0.15) is 5.82 Å². The molecule has 2 aromatic rings. The third-order valence-corrected chi connectivity index (χ3v) is 4.16. The van der Waals surface area contributed by atoms with Crippen LogP contribution in [0.5, 0.6) is 0 Å². The summed E-state index contributed by atoms with van der Waals surface area (Å²) in [6.07, 6.45) is 0.358. The van der Waals surface area contributed by atoms with Crippen LogP contribution in [-0.4, -0.2) is 5.11 Å². The van der Waals surface area contributed by atoms with Crippen molar-refractivity contribution in [2.24, 2.45) is 5.92 Å². The Kier molecular flexibility index (Phi) is 3.42. The summed E-state index contributed by atoms with van der Waals surface area (Å²) in [5.41, 5.74) is 1.90. The Morgan fingerprint density at radius 1 is 1.16 bits per heavy atom. The molecule has 1 nitrogen and oxygen atoms in total. The van der Waals surface area contributed by atoms with E-state index in [0.717, 1.165) is 6.42 Å². The molecule has 1 fully saturated rings. The maximum absolute atomic E-state index is 13.4. The summed E-state index contributed by atoms with van der Waals surface area (Å²) in [7, 11) is 0. The molecule has 3 heteroatoms. The highest BCUT2D eigenvalue weighted by molar-refractivity contribution is 9.10. The van der Waals surface area contributed by atoms with Crippen molar-refractivity contribution in [3.63, 3.8) is 0 Å². The lowest BCUT2D eigenvalue weighted by Gasteiger charge is -2.11. The van der Waals surface area contributed by atoms with E-state index in [2.05, 4.69) is 28.1 Å². The fourth-order valence-corrected chi connectivity index (χ4v) is 3.12. The fourth-order valence-electron chi connectivity index (χ4n) is 2.64. The molecule has 0 radical (unpaired) electrons. The Balaban J connectivity index is 1.78. The Morgan fingerprint density at radius 3 is 2.58 bits per heavy atom. The Hall–Kier alpha value is -1.19. The van der Waals surface area contributed by atoms with Crippen molar-refractivity contribution in [1.29, 1.82) is 0 Å². The maximum atomic E-state index is 13.4. The van der Waals surface area contributed by atoms with Crippen LogP contribution in [0.4, 0.5) is 4.39 Å². The first-order valence-corrected chi connectivity index (χ1v) is 7.13.